The van der Waals surface area contributed by atoms with Crippen molar-refractivity contribution in [2.24, 2.45) is 0 Å². The lowest BCUT2D eigenvalue weighted by Crippen LogP contribution is -2.07. The number of hydrogen-bond donors (Lipinski definition) is 0. The zero-order valence-corrected chi connectivity index (χ0v) is 6.30. The van der Waals surface area contributed by atoms with Gasteiger partial charge in [0.15, 0.2) is 0 Å². The summed E-state index contributed by atoms with van der Waals surface area (Å²) in [6.45, 7) is 0. The number of ether oxygens (including phenoxy) is 1. The van der Waals surface area contributed by atoms with Crippen molar-refractivity contribution in [2.45, 2.75) is 0 Å². The number of hydrogen-bond acceptors (Lipinski definition) is 2. The molecule has 56 valence electrons. The van der Waals surface area contributed by atoms with Crippen LogP contribution < -0.4 is 0 Å². The summed E-state index contributed by atoms with van der Waals surface area (Å²) < 4.78 is 5.78. The molecule has 1 heterocycles. The summed E-state index contributed by atoms with van der Waals surface area (Å²) in [5.41, 5.74) is 0. The van der Waals surface area contributed by atoms with Crippen LogP contribution in [-0.4, -0.2) is 17.8 Å². The maximum atomic E-state index is 10.6. The lowest BCUT2D eigenvalue weighted by molar-refractivity contribution is 0.173. The topological polar surface area (TPSA) is 31.2 Å². The van der Waals surface area contributed by atoms with Gasteiger partial charge < -0.3 is 4.74 Å². The molecule has 0 unspecified atom stereocenters. The van der Waals surface area contributed by atoms with Crippen LogP contribution in [0.5, 0.6) is 0 Å². The lowest BCUT2D eigenvalue weighted by Gasteiger charge is -1.95. The number of carbonyl (C=O) groups excluding carboxylic acids is 1. The van der Waals surface area contributed by atoms with Crippen molar-refractivity contribution >= 4 is 18.5 Å². The van der Waals surface area contributed by atoms with Crippen LogP contribution in [0.15, 0.2) is 24.5 Å². The van der Waals surface area contributed by atoms with Crippen molar-refractivity contribution in [3.63, 3.8) is 0 Å². The van der Waals surface area contributed by atoms with Gasteiger partial charge in [0, 0.05) is 12.4 Å². The molecule has 0 fully saturated rings. The summed E-state index contributed by atoms with van der Waals surface area (Å²) in [5.74, 6) is 0. The van der Waals surface area contributed by atoms with Gasteiger partial charge in [0.05, 0.1) is 7.11 Å². The minimum absolute atomic E-state index is 0. The number of rotatable bonds is 0. The molecule has 3 nitrogen and oxygen atoms in total. The van der Waals surface area contributed by atoms with Gasteiger partial charge in [-0.1, -0.05) is 0 Å². The number of nitrogens with zero attached hydrogens (tertiary/aromatic N) is 1. The van der Waals surface area contributed by atoms with E-state index in [1.807, 2.05) is 0 Å². The number of carbonyl (C=O) groups is 1. The molecule has 0 aliphatic rings. The van der Waals surface area contributed by atoms with Crippen LogP contribution in [0.4, 0.5) is 4.79 Å². The van der Waals surface area contributed by atoms with Crippen LogP contribution in [0.3, 0.4) is 0 Å². The Labute approximate surface area is 65.0 Å². The largest absolute Gasteiger partial charge is 0.452 e. The maximum absolute atomic E-state index is 10.6. The van der Waals surface area contributed by atoms with Gasteiger partial charge in [-0.15, -0.1) is 12.4 Å². The molecule has 0 aromatic carbocycles. The highest BCUT2D eigenvalue weighted by Crippen LogP contribution is 1.89. The van der Waals surface area contributed by atoms with E-state index in [2.05, 4.69) is 4.74 Å². The molecular formula is C6H8ClNO2. The molecular weight excluding hydrogens is 154 g/mol. The van der Waals surface area contributed by atoms with Gasteiger partial charge in [0.2, 0.25) is 0 Å². The van der Waals surface area contributed by atoms with E-state index < -0.39 is 0 Å². The highest BCUT2D eigenvalue weighted by molar-refractivity contribution is 5.85. The number of methoxy groups -OCH3 is 1. The molecule has 0 amide bonds. The zero-order chi connectivity index (χ0) is 6.69. The normalized spacial score (nSPS) is 8.10. The van der Waals surface area contributed by atoms with Crippen molar-refractivity contribution < 1.29 is 9.53 Å². The maximum Gasteiger partial charge on any atom is 0.417 e. The van der Waals surface area contributed by atoms with E-state index in [-0.39, 0.29) is 18.5 Å². The van der Waals surface area contributed by atoms with Gasteiger partial charge in [-0.3, -0.25) is 4.57 Å². The molecule has 0 saturated heterocycles. The molecule has 0 bridgehead atoms. The van der Waals surface area contributed by atoms with E-state index in [4.69, 9.17) is 0 Å². The first-order chi connectivity index (χ1) is 4.34. The summed E-state index contributed by atoms with van der Waals surface area (Å²) in [6.07, 6.45) is 2.90. The van der Waals surface area contributed by atoms with E-state index in [0.29, 0.717) is 0 Å². The van der Waals surface area contributed by atoms with Crippen molar-refractivity contribution in [1.29, 1.82) is 0 Å². The SMILES string of the molecule is COC(=O)n1cccc1.Cl. The van der Waals surface area contributed by atoms with Gasteiger partial charge >= 0.3 is 6.09 Å². The standard InChI is InChI=1S/C6H7NO2.ClH/c1-9-6(8)7-4-2-3-5-7;/h2-5H,1H3;1H. The van der Waals surface area contributed by atoms with Crippen molar-refractivity contribution in [3.05, 3.63) is 24.5 Å². The Morgan fingerprint density at radius 3 is 2.30 bits per heavy atom. The third-order valence-electron chi connectivity index (χ3n) is 0.990. The monoisotopic (exact) mass is 161 g/mol. The molecule has 0 radical (unpaired) electrons. The Bertz CT molecular complexity index is 196. The third kappa shape index (κ3) is 1.77. The van der Waals surface area contributed by atoms with Crippen LogP contribution in [0.25, 0.3) is 0 Å². The molecule has 0 N–H and O–H groups in total. The molecule has 1 aromatic rings. The first-order valence-electron chi connectivity index (χ1n) is 2.56. The second kappa shape index (κ2) is 3.95. The van der Waals surface area contributed by atoms with E-state index in [1.54, 1.807) is 24.5 Å². The van der Waals surface area contributed by atoms with Crippen LogP contribution in [0.1, 0.15) is 0 Å². The molecule has 4 heteroatoms. The summed E-state index contributed by atoms with van der Waals surface area (Å²) in [4.78, 5) is 10.6. The highest BCUT2D eigenvalue weighted by Gasteiger charge is 1.97. The average molecular weight is 162 g/mol. The van der Waals surface area contributed by atoms with Gasteiger partial charge in [-0.2, -0.15) is 0 Å². The quantitative estimate of drug-likeness (QED) is 0.578. The summed E-state index contributed by atoms with van der Waals surface area (Å²) in [6, 6.07) is 3.52. The zero-order valence-electron chi connectivity index (χ0n) is 5.48. The fraction of sp³-hybridized carbons (Fsp3) is 0.167. The molecule has 0 saturated carbocycles. The Hall–Kier alpha value is -0.960. The fourth-order valence-corrected chi connectivity index (χ4v) is 0.562. The molecule has 1 rings (SSSR count). The van der Waals surface area contributed by atoms with Crippen LogP contribution in [0.2, 0.25) is 0 Å². The Balaban J connectivity index is 0.000000810. The van der Waals surface area contributed by atoms with E-state index in [1.165, 1.54) is 11.7 Å². The minimum Gasteiger partial charge on any atom is -0.452 e. The number of aromatic nitrogens is 1. The van der Waals surface area contributed by atoms with Crippen LogP contribution in [0, 0.1) is 0 Å². The smallest absolute Gasteiger partial charge is 0.417 e. The van der Waals surface area contributed by atoms with Gasteiger partial charge in [-0.05, 0) is 12.1 Å². The lowest BCUT2D eigenvalue weighted by atomic mass is 10.7. The predicted octanol–water partition coefficient (Wildman–Crippen LogP) is 1.52. The van der Waals surface area contributed by atoms with Gasteiger partial charge in [0.1, 0.15) is 0 Å². The van der Waals surface area contributed by atoms with E-state index >= 15 is 0 Å². The second-order valence-corrected chi connectivity index (χ2v) is 1.56. The summed E-state index contributed by atoms with van der Waals surface area (Å²) in [7, 11) is 1.35. The first-order valence-corrected chi connectivity index (χ1v) is 2.56. The predicted molar refractivity (Wildman–Crippen MR) is 39.5 cm³/mol. The molecule has 0 aliphatic heterocycles. The highest BCUT2D eigenvalue weighted by atomic mass is 35.5. The molecule has 10 heavy (non-hydrogen) atoms. The summed E-state index contributed by atoms with van der Waals surface area (Å²) >= 11 is 0. The van der Waals surface area contributed by atoms with Gasteiger partial charge in [-0.25, -0.2) is 4.79 Å². The molecule has 0 spiro atoms. The first kappa shape index (κ1) is 9.04. The summed E-state index contributed by atoms with van der Waals surface area (Å²) in [5, 5.41) is 0. The third-order valence-corrected chi connectivity index (χ3v) is 0.990. The Kier molecular flexibility index (Phi) is 3.57. The Morgan fingerprint density at radius 2 is 1.90 bits per heavy atom. The molecule has 0 aliphatic carbocycles. The average Bonchev–Trinajstić information content (AvgIpc) is 2.37. The van der Waals surface area contributed by atoms with E-state index in [0.717, 1.165) is 0 Å². The van der Waals surface area contributed by atoms with Crippen LogP contribution in [-0.2, 0) is 4.74 Å². The molecule has 1 aromatic heterocycles. The minimum atomic E-state index is -0.361. The van der Waals surface area contributed by atoms with Crippen molar-refractivity contribution in [3.8, 4) is 0 Å². The van der Waals surface area contributed by atoms with Gasteiger partial charge in [0.25, 0.3) is 0 Å². The fourth-order valence-electron chi connectivity index (χ4n) is 0.562. The Morgan fingerprint density at radius 1 is 1.40 bits per heavy atom. The van der Waals surface area contributed by atoms with Crippen LogP contribution >= 0.6 is 12.4 Å². The van der Waals surface area contributed by atoms with Crippen molar-refractivity contribution in [2.75, 3.05) is 7.11 Å². The van der Waals surface area contributed by atoms with E-state index in [9.17, 15) is 4.79 Å². The van der Waals surface area contributed by atoms with Crippen molar-refractivity contribution in [1.82, 2.24) is 4.57 Å². The second-order valence-electron chi connectivity index (χ2n) is 1.56. The number of halogens is 1. The molecule has 0 atom stereocenters.